The van der Waals surface area contributed by atoms with Crippen molar-refractivity contribution in [1.29, 1.82) is 0 Å². The van der Waals surface area contributed by atoms with Gasteiger partial charge in [-0.1, -0.05) is 32.0 Å². The van der Waals surface area contributed by atoms with Gasteiger partial charge in [0.2, 0.25) is 11.8 Å². The van der Waals surface area contributed by atoms with E-state index in [1.165, 1.54) is 0 Å². The average Bonchev–Trinajstić information content (AvgIpc) is 3.15. The fourth-order valence-corrected chi connectivity index (χ4v) is 3.49. The van der Waals surface area contributed by atoms with Crippen LogP contribution in [0.25, 0.3) is 11.5 Å². The molecule has 0 spiro atoms. The molecule has 0 atom stereocenters. The summed E-state index contributed by atoms with van der Waals surface area (Å²) in [6.45, 7) is 6.87. The van der Waals surface area contributed by atoms with Crippen LogP contribution in [0.15, 0.2) is 41.0 Å². The molecule has 1 saturated heterocycles. The molecule has 2 heterocycles. The van der Waals surface area contributed by atoms with Crippen LogP contribution in [0.2, 0.25) is 0 Å². The maximum Gasteiger partial charge on any atom is 0.226 e. The predicted molar refractivity (Wildman–Crippen MR) is 102 cm³/mol. The number of nitrogens with zero attached hydrogens (tertiary/aromatic N) is 2. The zero-order valence-corrected chi connectivity index (χ0v) is 15.8. The van der Waals surface area contributed by atoms with E-state index in [-0.39, 0.29) is 11.8 Å². The zero-order chi connectivity index (χ0) is 18.4. The second-order valence-electron chi connectivity index (χ2n) is 7.08. The van der Waals surface area contributed by atoms with Crippen molar-refractivity contribution in [3.8, 4) is 11.5 Å². The lowest BCUT2D eigenvalue weighted by Crippen LogP contribution is -2.43. The zero-order valence-electron chi connectivity index (χ0n) is 15.8. The van der Waals surface area contributed by atoms with Gasteiger partial charge >= 0.3 is 0 Å². The minimum atomic E-state index is 0.143. The Morgan fingerprint density at radius 1 is 1.23 bits per heavy atom. The highest BCUT2D eigenvalue weighted by atomic mass is 16.3. The van der Waals surface area contributed by atoms with Gasteiger partial charge < -0.3 is 9.73 Å². The number of hydrogen-bond donors (Lipinski definition) is 1. The van der Waals surface area contributed by atoms with Crippen molar-refractivity contribution >= 4 is 5.91 Å². The summed E-state index contributed by atoms with van der Waals surface area (Å²) in [5.41, 5.74) is 1.94. The first-order valence-corrected chi connectivity index (χ1v) is 9.72. The maximum atomic E-state index is 12.4. The van der Waals surface area contributed by atoms with Gasteiger partial charge in [-0.2, -0.15) is 0 Å². The molecule has 1 aromatic carbocycles. The number of oxazole rings is 1. The minimum Gasteiger partial charge on any atom is -0.444 e. The third-order valence-electron chi connectivity index (χ3n) is 5.25. The van der Waals surface area contributed by atoms with Crippen LogP contribution in [0.3, 0.4) is 0 Å². The molecule has 5 heteroatoms. The highest BCUT2D eigenvalue weighted by Gasteiger charge is 2.26. The summed E-state index contributed by atoms with van der Waals surface area (Å²) in [5.74, 6) is 1.04. The van der Waals surface area contributed by atoms with E-state index >= 15 is 0 Å². The van der Waals surface area contributed by atoms with Crippen LogP contribution in [0, 0.1) is 5.92 Å². The predicted octanol–water partition coefficient (Wildman–Crippen LogP) is 3.86. The van der Waals surface area contributed by atoms with Gasteiger partial charge in [-0.3, -0.25) is 9.69 Å². The summed E-state index contributed by atoms with van der Waals surface area (Å²) < 4.78 is 5.62. The molecule has 0 unspecified atom stereocenters. The van der Waals surface area contributed by atoms with Gasteiger partial charge in [0.25, 0.3) is 0 Å². The first-order chi connectivity index (χ1) is 12.7. The van der Waals surface area contributed by atoms with Crippen LogP contribution in [0.5, 0.6) is 0 Å². The molecule has 1 N–H and O–H groups in total. The number of carbonyl (C=O) groups excluding carboxylic acids is 1. The Morgan fingerprint density at radius 3 is 2.58 bits per heavy atom. The van der Waals surface area contributed by atoms with Gasteiger partial charge in [-0.15, -0.1) is 0 Å². The molecule has 1 aromatic heterocycles. The number of carbonyl (C=O) groups is 1. The average molecular weight is 355 g/mol. The molecule has 1 amide bonds. The Kier molecular flexibility index (Phi) is 6.45. The smallest absolute Gasteiger partial charge is 0.226 e. The van der Waals surface area contributed by atoms with Gasteiger partial charge in [-0.25, -0.2) is 4.98 Å². The largest absolute Gasteiger partial charge is 0.444 e. The van der Waals surface area contributed by atoms with Crippen molar-refractivity contribution in [2.45, 2.75) is 52.1 Å². The molecule has 0 bridgehead atoms. The van der Waals surface area contributed by atoms with E-state index < -0.39 is 0 Å². The summed E-state index contributed by atoms with van der Waals surface area (Å²) in [7, 11) is 0. The summed E-state index contributed by atoms with van der Waals surface area (Å²) in [6, 6.07) is 10.3. The lowest BCUT2D eigenvalue weighted by atomic mass is 9.95. The summed E-state index contributed by atoms with van der Waals surface area (Å²) in [5, 5.41) is 3.19. The fourth-order valence-electron chi connectivity index (χ4n) is 3.49. The van der Waals surface area contributed by atoms with Gasteiger partial charge in [0.05, 0.1) is 5.69 Å². The van der Waals surface area contributed by atoms with E-state index in [1.54, 1.807) is 6.26 Å². The lowest BCUT2D eigenvalue weighted by molar-refractivity contribution is -0.127. The lowest BCUT2D eigenvalue weighted by Gasteiger charge is -2.31. The van der Waals surface area contributed by atoms with E-state index in [1.807, 2.05) is 30.3 Å². The Morgan fingerprint density at radius 2 is 1.92 bits per heavy atom. The first-order valence-electron chi connectivity index (χ1n) is 9.72. The van der Waals surface area contributed by atoms with Crippen LogP contribution in [-0.2, 0) is 11.3 Å². The van der Waals surface area contributed by atoms with Gasteiger partial charge in [0, 0.05) is 24.1 Å². The second-order valence-corrected chi connectivity index (χ2v) is 7.08. The minimum absolute atomic E-state index is 0.143. The SMILES string of the molecule is CCC(CC)NC(=O)C1CCN(Cc2coc(-c3ccccc3)n2)CC1. The van der Waals surface area contributed by atoms with E-state index in [0.29, 0.717) is 11.9 Å². The third-order valence-corrected chi connectivity index (χ3v) is 5.25. The van der Waals surface area contributed by atoms with Crippen molar-refractivity contribution in [2.75, 3.05) is 13.1 Å². The highest BCUT2D eigenvalue weighted by molar-refractivity contribution is 5.79. The number of benzene rings is 1. The van der Waals surface area contributed by atoms with Gasteiger partial charge in [-0.05, 0) is 50.9 Å². The van der Waals surface area contributed by atoms with Crippen LogP contribution in [0.1, 0.15) is 45.2 Å². The molecule has 26 heavy (non-hydrogen) atoms. The summed E-state index contributed by atoms with van der Waals surface area (Å²) >= 11 is 0. The van der Waals surface area contributed by atoms with E-state index in [9.17, 15) is 4.79 Å². The molecule has 1 aliphatic rings. The second kappa shape index (κ2) is 8.99. The van der Waals surface area contributed by atoms with Crippen molar-refractivity contribution < 1.29 is 9.21 Å². The van der Waals surface area contributed by atoms with Crippen LogP contribution < -0.4 is 5.32 Å². The first kappa shape index (κ1) is 18.6. The molecule has 140 valence electrons. The van der Waals surface area contributed by atoms with Gasteiger partial charge in [0.1, 0.15) is 6.26 Å². The molecule has 0 aliphatic carbocycles. The van der Waals surface area contributed by atoms with Crippen LogP contribution in [-0.4, -0.2) is 34.9 Å². The summed E-state index contributed by atoms with van der Waals surface area (Å²) in [4.78, 5) is 19.4. The fraction of sp³-hybridized carbons (Fsp3) is 0.524. The van der Waals surface area contributed by atoms with Crippen molar-refractivity contribution in [3.05, 3.63) is 42.3 Å². The number of hydrogen-bond acceptors (Lipinski definition) is 4. The maximum absolute atomic E-state index is 12.4. The molecule has 2 aromatic rings. The van der Waals surface area contributed by atoms with Crippen LogP contribution >= 0.6 is 0 Å². The Hall–Kier alpha value is -2.14. The number of likely N-dealkylation sites (tertiary alicyclic amines) is 1. The molecular weight excluding hydrogens is 326 g/mol. The molecule has 1 fully saturated rings. The normalized spacial score (nSPS) is 16.1. The molecule has 3 rings (SSSR count). The van der Waals surface area contributed by atoms with Crippen molar-refractivity contribution in [1.82, 2.24) is 15.2 Å². The van der Waals surface area contributed by atoms with E-state index in [2.05, 4.69) is 29.0 Å². The number of rotatable bonds is 7. The van der Waals surface area contributed by atoms with E-state index in [4.69, 9.17) is 4.42 Å². The molecule has 0 saturated carbocycles. The monoisotopic (exact) mass is 355 g/mol. The molecule has 5 nitrogen and oxygen atoms in total. The topological polar surface area (TPSA) is 58.4 Å². The Balaban J connectivity index is 1.49. The highest BCUT2D eigenvalue weighted by Crippen LogP contribution is 2.22. The Bertz CT molecular complexity index is 686. The third kappa shape index (κ3) is 4.73. The van der Waals surface area contributed by atoms with Crippen LogP contribution in [0.4, 0.5) is 0 Å². The van der Waals surface area contributed by atoms with Crippen molar-refractivity contribution in [3.63, 3.8) is 0 Å². The molecule has 1 aliphatic heterocycles. The molecule has 0 radical (unpaired) electrons. The Labute approximate surface area is 155 Å². The number of nitrogens with one attached hydrogen (secondary N) is 1. The number of aromatic nitrogens is 1. The molecular formula is C21H29N3O2. The quantitative estimate of drug-likeness (QED) is 0.819. The number of amides is 1. The van der Waals surface area contributed by atoms with E-state index in [0.717, 1.165) is 56.6 Å². The van der Waals surface area contributed by atoms with Gasteiger partial charge in [0.15, 0.2) is 0 Å². The number of piperidine rings is 1. The van der Waals surface area contributed by atoms with Crippen molar-refractivity contribution in [2.24, 2.45) is 5.92 Å². The standard InChI is InChI=1S/C21H29N3O2/c1-3-18(4-2)22-20(25)16-10-12-24(13-11-16)14-19-15-26-21(23-19)17-8-6-5-7-9-17/h5-9,15-16,18H,3-4,10-14H2,1-2H3,(H,22,25). The summed E-state index contributed by atoms with van der Waals surface area (Å²) in [6.07, 6.45) is 5.56.